The van der Waals surface area contributed by atoms with Gasteiger partial charge in [-0.2, -0.15) is 0 Å². The minimum atomic E-state index is -3.79. The molecule has 4 amide bonds. The van der Waals surface area contributed by atoms with Crippen molar-refractivity contribution in [3.8, 4) is 0 Å². The van der Waals surface area contributed by atoms with E-state index < -0.39 is 26.9 Å². The molecular weight excluding hydrogens is 320 g/mol. The summed E-state index contributed by atoms with van der Waals surface area (Å²) in [6.45, 7) is -0.314. The van der Waals surface area contributed by atoms with Crippen molar-refractivity contribution in [3.63, 3.8) is 0 Å². The Bertz CT molecular complexity index is 739. The van der Waals surface area contributed by atoms with Crippen LogP contribution in [0.4, 0.5) is 4.79 Å². The number of carbonyl (C=O) groups excluding carboxylic acids is 3. The molecule has 1 fully saturated rings. The summed E-state index contributed by atoms with van der Waals surface area (Å²) in [4.78, 5) is 34.6. The number of hydrogen-bond acceptors (Lipinski definition) is 5. The average Bonchev–Trinajstić information content (AvgIpc) is 2.74. The minimum Gasteiger partial charge on any atom is -0.276 e. The quantitative estimate of drug-likeness (QED) is 0.500. The number of amides is 4. The van der Waals surface area contributed by atoms with Crippen LogP contribution in [0.3, 0.4) is 0 Å². The Balaban J connectivity index is 2.09. The molecule has 0 spiro atoms. The van der Waals surface area contributed by atoms with Crippen LogP contribution >= 0.6 is 10.7 Å². The number of hydrogen-bond donors (Lipinski definition) is 1. The Morgan fingerprint density at radius 2 is 1.86 bits per heavy atom. The van der Waals surface area contributed by atoms with E-state index in [1.165, 1.54) is 30.3 Å². The lowest BCUT2D eigenvalue weighted by atomic mass is 10.2. The predicted octanol–water partition coefficient (Wildman–Crippen LogP) is 0.706. The van der Waals surface area contributed by atoms with Crippen molar-refractivity contribution in [1.82, 2.24) is 10.2 Å². The standard InChI is InChI=1S/C12H9ClN2O5S/c13-21(19,20)9-4-1-8(2-5-9)3-6-11(17)15-7-10(16)14-12(15)18/h1-6H,7H2,(H,14,16,18)/b6-3+. The van der Waals surface area contributed by atoms with Gasteiger partial charge < -0.3 is 0 Å². The largest absolute Gasteiger partial charge is 0.331 e. The summed E-state index contributed by atoms with van der Waals surface area (Å²) in [5.41, 5.74) is 0.540. The van der Waals surface area contributed by atoms with Gasteiger partial charge in [-0.25, -0.2) is 13.2 Å². The Morgan fingerprint density at radius 3 is 2.33 bits per heavy atom. The van der Waals surface area contributed by atoms with Crippen LogP contribution in [-0.2, 0) is 18.6 Å². The second-order valence-electron chi connectivity index (χ2n) is 4.12. The van der Waals surface area contributed by atoms with Gasteiger partial charge in [0.05, 0.1) is 4.90 Å². The van der Waals surface area contributed by atoms with Crippen LogP contribution in [-0.4, -0.2) is 37.7 Å². The SMILES string of the molecule is O=C1CN(C(=O)/C=C/c2ccc(S(=O)(=O)Cl)cc2)C(=O)N1. The van der Waals surface area contributed by atoms with Gasteiger partial charge in [-0.1, -0.05) is 12.1 Å². The Kier molecular flexibility index (Phi) is 4.10. The van der Waals surface area contributed by atoms with Crippen molar-refractivity contribution in [1.29, 1.82) is 0 Å². The lowest BCUT2D eigenvalue weighted by molar-refractivity contribution is -0.126. The normalized spacial score (nSPS) is 15.6. The number of rotatable bonds is 3. The van der Waals surface area contributed by atoms with Crippen LogP contribution in [0, 0.1) is 0 Å². The van der Waals surface area contributed by atoms with E-state index in [2.05, 4.69) is 0 Å². The number of benzene rings is 1. The van der Waals surface area contributed by atoms with Crippen LogP contribution < -0.4 is 5.32 Å². The van der Waals surface area contributed by atoms with Crippen molar-refractivity contribution >= 4 is 43.7 Å². The maximum absolute atomic E-state index is 11.7. The highest BCUT2D eigenvalue weighted by Crippen LogP contribution is 2.16. The maximum atomic E-state index is 11.7. The van der Waals surface area contributed by atoms with Gasteiger partial charge in [0.2, 0.25) is 5.91 Å². The molecule has 0 unspecified atom stereocenters. The predicted molar refractivity (Wildman–Crippen MR) is 73.8 cm³/mol. The van der Waals surface area contributed by atoms with E-state index in [0.29, 0.717) is 5.56 Å². The summed E-state index contributed by atoms with van der Waals surface area (Å²) in [5, 5.41) is 1.98. The summed E-state index contributed by atoms with van der Waals surface area (Å²) in [5.74, 6) is -1.19. The third-order valence-electron chi connectivity index (χ3n) is 2.64. The van der Waals surface area contributed by atoms with E-state index in [1.54, 1.807) is 0 Å². The molecule has 0 atom stereocenters. The van der Waals surface area contributed by atoms with Crippen molar-refractivity contribution < 1.29 is 22.8 Å². The number of imide groups is 2. The molecule has 7 nitrogen and oxygen atoms in total. The highest BCUT2D eigenvalue weighted by atomic mass is 35.7. The van der Waals surface area contributed by atoms with Gasteiger partial charge in [0.15, 0.2) is 0 Å². The van der Waals surface area contributed by atoms with Crippen molar-refractivity contribution in [2.75, 3.05) is 6.54 Å². The van der Waals surface area contributed by atoms with E-state index in [0.717, 1.165) is 11.0 Å². The molecule has 2 rings (SSSR count). The highest BCUT2D eigenvalue weighted by molar-refractivity contribution is 8.13. The zero-order chi connectivity index (χ0) is 15.6. The van der Waals surface area contributed by atoms with E-state index >= 15 is 0 Å². The zero-order valence-corrected chi connectivity index (χ0v) is 12.0. The van der Waals surface area contributed by atoms with E-state index in [4.69, 9.17) is 10.7 Å². The molecule has 1 aliphatic rings. The first kappa shape index (κ1) is 15.2. The molecule has 1 aromatic carbocycles. The molecule has 1 aliphatic heterocycles. The third kappa shape index (κ3) is 3.67. The van der Waals surface area contributed by atoms with Crippen LogP contribution in [0.2, 0.25) is 0 Å². The fourth-order valence-corrected chi connectivity index (χ4v) is 2.39. The lowest BCUT2D eigenvalue weighted by Crippen LogP contribution is -2.32. The van der Waals surface area contributed by atoms with Gasteiger partial charge in [0.25, 0.3) is 15.0 Å². The third-order valence-corrected chi connectivity index (χ3v) is 4.01. The molecule has 21 heavy (non-hydrogen) atoms. The molecule has 0 saturated carbocycles. The Hall–Kier alpha value is -2.19. The van der Waals surface area contributed by atoms with Crippen molar-refractivity contribution in [3.05, 3.63) is 35.9 Å². The first-order chi connectivity index (χ1) is 9.77. The number of urea groups is 1. The minimum absolute atomic E-state index is 0.0582. The molecule has 9 heteroatoms. The van der Waals surface area contributed by atoms with Gasteiger partial charge in [0, 0.05) is 16.8 Å². The van der Waals surface area contributed by atoms with E-state index in [9.17, 15) is 22.8 Å². The molecule has 0 aliphatic carbocycles. The molecule has 0 radical (unpaired) electrons. The fourth-order valence-electron chi connectivity index (χ4n) is 1.62. The number of carbonyl (C=O) groups is 3. The zero-order valence-electron chi connectivity index (χ0n) is 10.4. The molecule has 0 bridgehead atoms. The topological polar surface area (TPSA) is 101 Å². The number of halogens is 1. The molecule has 110 valence electrons. The van der Waals surface area contributed by atoms with E-state index in [1.807, 2.05) is 5.32 Å². The first-order valence-corrected chi connectivity index (χ1v) is 7.96. The van der Waals surface area contributed by atoms with Crippen LogP contribution in [0.5, 0.6) is 0 Å². The van der Waals surface area contributed by atoms with Gasteiger partial charge in [0.1, 0.15) is 6.54 Å². The second-order valence-corrected chi connectivity index (χ2v) is 6.68. The second kappa shape index (κ2) is 5.66. The Morgan fingerprint density at radius 1 is 1.24 bits per heavy atom. The molecular formula is C12H9ClN2O5S. The summed E-state index contributed by atoms with van der Waals surface area (Å²) in [6, 6.07) is 4.72. The van der Waals surface area contributed by atoms with Gasteiger partial charge in [-0.15, -0.1) is 0 Å². The lowest BCUT2D eigenvalue weighted by Gasteiger charge is -2.06. The summed E-state index contributed by atoms with van der Waals surface area (Å²) >= 11 is 0. The maximum Gasteiger partial charge on any atom is 0.331 e. The average molecular weight is 329 g/mol. The molecule has 1 saturated heterocycles. The number of nitrogens with zero attached hydrogens (tertiary/aromatic N) is 1. The van der Waals surface area contributed by atoms with Crippen molar-refractivity contribution in [2.24, 2.45) is 0 Å². The molecule has 1 N–H and O–H groups in total. The van der Waals surface area contributed by atoms with Crippen LogP contribution in [0.15, 0.2) is 35.2 Å². The smallest absolute Gasteiger partial charge is 0.276 e. The van der Waals surface area contributed by atoms with E-state index in [-0.39, 0.29) is 11.4 Å². The van der Waals surface area contributed by atoms with Gasteiger partial charge in [-0.05, 0) is 23.8 Å². The first-order valence-electron chi connectivity index (χ1n) is 5.65. The molecule has 0 aromatic heterocycles. The summed E-state index contributed by atoms with van der Waals surface area (Å²) in [6.07, 6.45) is 2.51. The van der Waals surface area contributed by atoms with Gasteiger partial charge >= 0.3 is 6.03 Å². The fraction of sp³-hybridized carbons (Fsp3) is 0.0833. The summed E-state index contributed by atoms with van der Waals surface area (Å²) < 4.78 is 22.1. The highest BCUT2D eigenvalue weighted by Gasteiger charge is 2.30. The monoisotopic (exact) mass is 328 g/mol. The Labute approximate surface area is 124 Å². The van der Waals surface area contributed by atoms with Gasteiger partial charge in [-0.3, -0.25) is 19.8 Å². The van der Waals surface area contributed by atoms with Crippen LogP contribution in [0.25, 0.3) is 6.08 Å². The number of nitrogens with one attached hydrogen (secondary N) is 1. The van der Waals surface area contributed by atoms with Crippen LogP contribution in [0.1, 0.15) is 5.56 Å². The summed E-state index contributed by atoms with van der Waals surface area (Å²) in [7, 11) is 1.38. The molecule has 1 heterocycles. The molecule has 1 aromatic rings. The van der Waals surface area contributed by atoms with Crippen molar-refractivity contribution in [2.45, 2.75) is 4.90 Å².